The Morgan fingerprint density at radius 1 is 0.469 bits per heavy atom. The second-order valence-corrected chi connectivity index (χ2v) is 7.96. The van der Waals surface area contributed by atoms with Gasteiger partial charge >= 0.3 is 0 Å². The van der Waals surface area contributed by atoms with Gasteiger partial charge in [0.1, 0.15) is 0 Å². The molecule has 0 saturated carbocycles. The van der Waals surface area contributed by atoms with Crippen molar-refractivity contribution in [2.75, 3.05) is 5.32 Å². The Labute approximate surface area is 187 Å². The molecule has 0 atom stereocenters. The van der Waals surface area contributed by atoms with Gasteiger partial charge < -0.3 is 9.88 Å². The van der Waals surface area contributed by atoms with Gasteiger partial charge in [-0.05, 0) is 53.6 Å². The van der Waals surface area contributed by atoms with Crippen LogP contribution in [0, 0.1) is 0 Å². The Hall–Kier alpha value is -4.30. The summed E-state index contributed by atoms with van der Waals surface area (Å²) in [6.45, 7) is 0. The highest BCUT2D eigenvalue weighted by Crippen LogP contribution is 2.37. The summed E-state index contributed by atoms with van der Waals surface area (Å²) in [5.74, 6) is 0. The number of hydrogen-bond donors (Lipinski definition) is 1. The van der Waals surface area contributed by atoms with E-state index in [4.69, 9.17) is 0 Å². The number of para-hydroxylation sites is 2. The van der Waals surface area contributed by atoms with E-state index in [0.29, 0.717) is 0 Å². The van der Waals surface area contributed by atoms with Crippen LogP contribution in [0.2, 0.25) is 0 Å². The quantitative estimate of drug-likeness (QED) is 0.310. The van der Waals surface area contributed by atoms with Gasteiger partial charge in [-0.3, -0.25) is 0 Å². The van der Waals surface area contributed by atoms with Crippen LogP contribution in [0.4, 0.5) is 11.4 Å². The van der Waals surface area contributed by atoms with Crippen molar-refractivity contribution >= 4 is 33.2 Å². The molecule has 0 radical (unpaired) electrons. The molecule has 0 unspecified atom stereocenters. The van der Waals surface area contributed by atoms with Gasteiger partial charge in [0.2, 0.25) is 0 Å². The number of nitrogens with zero attached hydrogens (tertiary/aromatic N) is 1. The van der Waals surface area contributed by atoms with E-state index in [2.05, 4.69) is 131 Å². The fourth-order valence-electron chi connectivity index (χ4n) is 4.51. The number of fused-ring (bicyclic) bond motifs is 3. The number of hydrogen-bond acceptors (Lipinski definition) is 1. The standard InChI is InChI=1S/C30H22N2/c1-3-10-22(11-4-1)23-18-20-24(21-19-23)31-27-15-9-17-29-30(27)26-14-7-8-16-28(26)32(29)25-12-5-2-6-13-25/h1-21,31H. The molecule has 2 heteroatoms. The normalized spacial score (nSPS) is 11.1. The molecule has 0 amide bonds. The summed E-state index contributed by atoms with van der Waals surface area (Å²) >= 11 is 0. The number of aromatic nitrogens is 1. The molecule has 152 valence electrons. The fourth-order valence-corrected chi connectivity index (χ4v) is 4.51. The number of anilines is 2. The first-order valence-corrected chi connectivity index (χ1v) is 10.9. The predicted molar refractivity (Wildman–Crippen MR) is 136 cm³/mol. The Bertz CT molecular complexity index is 1510. The third-order valence-electron chi connectivity index (χ3n) is 5.98. The Balaban J connectivity index is 1.47. The van der Waals surface area contributed by atoms with Crippen molar-refractivity contribution in [2.24, 2.45) is 0 Å². The van der Waals surface area contributed by atoms with Crippen LogP contribution < -0.4 is 5.32 Å². The molecular formula is C30H22N2. The largest absolute Gasteiger partial charge is 0.355 e. The van der Waals surface area contributed by atoms with Crippen molar-refractivity contribution in [1.29, 1.82) is 0 Å². The molecule has 1 heterocycles. The van der Waals surface area contributed by atoms with E-state index in [9.17, 15) is 0 Å². The molecule has 0 aliphatic carbocycles. The lowest BCUT2D eigenvalue weighted by atomic mass is 10.1. The van der Waals surface area contributed by atoms with Crippen LogP contribution >= 0.6 is 0 Å². The second kappa shape index (κ2) is 7.75. The maximum absolute atomic E-state index is 3.67. The fraction of sp³-hybridized carbons (Fsp3) is 0. The first-order chi connectivity index (χ1) is 15.9. The third-order valence-corrected chi connectivity index (χ3v) is 5.98. The van der Waals surface area contributed by atoms with Crippen LogP contribution in [0.3, 0.4) is 0 Å². The van der Waals surface area contributed by atoms with Gasteiger partial charge in [0.25, 0.3) is 0 Å². The van der Waals surface area contributed by atoms with Gasteiger partial charge in [-0.25, -0.2) is 0 Å². The van der Waals surface area contributed by atoms with E-state index >= 15 is 0 Å². The zero-order valence-corrected chi connectivity index (χ0v) is 17.6. The van der Waals surface area contributed by atoms with Crippen molar-refractivity contribution in [3.8, 4) is 16.8 Å². The van der Waals surface area contributed by atoms with Crippen molar-refractivity contribution in [3.05, 3.63) is 127 Å². The van der Waals surface area contributed by atoms with Crippen LogP contribution in [-0.2, 0) is 0 Å². The average molecular weight is 411 g/mol. The molecule has 32 heavy (non-hydrogen) atoms. The maximum Gasteiger partial charge on any atom is 0.0562 e. The van der Waals surface area contributed by atoms with Gasteiger partial charge in [-0.2, -0.15) is 0 Å². The molecule has 1 aromatic heterocycles. The number of rotatable bonds is 4. The van der Waals surface area contributed by atoms with E-state index in [1.165, 1.54) is 38.6 Å². The minimum absolute atomic E-state index is 1.08. The monoisotopic (exact) mass is 410 g/mol. The highest BCUT2D eigenvalue weighted by atomic mass is 15.0. The summed E-state index contributed by atoms with van der Waals surface area (Å²) in [4.78, 5) is 0. The Morgan fingerprint density at radius 3 is 1.88 bits per heavy atom. The second-order valence-electron chi connectivity index (χ2n) is 7.96. The molecule has 1 N–H and O–H groups in total. The van der Waals surface area contributed by atoms with Gasteiger partial charge in [0.05, 0.1) is 11.0 Å². The van der Waals surface area contributed by atoms with E-state index in [0.717, 1.165) is 11.4 Å². The Kier molecular flexibility index (Phi) is 4.47. The van der Waals surface area contributed by atoms with Crippen molar-refractivity contribution < 1.29 is 0 Å². The molecule has 0 fully saturated rings. The van der Waals surface area contributed by atoms with Gasteiger partial charge in [-0.15, -0.1) is 0 Å². The molecule has 6 rings (SSSR count). The lowest BCUT2D eigenvalue weighted by Gasteiger charge is -2.11. The molecule has 2 nitrogen and oxygen atoms in total. The molecular weight excluding hydrogens is 388 g/mol. The van der Waals surface area contributed by atoms with Crippen LogP contribution in [0.15, 0.2) is 127 Å². The lowest BCUT2D eigenvalue weighted by molar-refractivity contribution is 1.18. The molecule has 0 saturated heterocycles. The lowest BCUT2D eigenvalue weighted by Crippen LogP contribution is -1.94. The summed E-state index contributed by atoms with van der Waals surface area (Å²) in [7, 11) is 0. The van der Waals surface area contributed by atoms with Gasteiger partial charge in [0.15, 0.2) is 0 Å². The van der Waals surface area contributed by atoms with E-state index in [1.807, 2.05) is 6.07 Å². The predicted octanol–water partition coefficient (Wildman–Crippen LogP) is 8.19. The maximum atomic E-state index is 3.67. The number of nitrogens with one attached hydrogen (secondary N) is 1. The number of benzene rings is 5. The van der Waals surface area contributed by atoms with Crippen LogP contribution in [0.1, 0.15) is 0 Å². The first-order valence-electron chi connectivity index (χ1n) is 10.9. The van der Waals surface area contributed by atoms with Crippen LogP contribution in [-0.4, -0.2) is 4.57 Å². The summed E-state index contributed by atoms with van der Waals surface area (Å²) in [5.41, 5.74) is 8.21. The molecule has 0 spiro atoms. The van der Waals surface area contributed by atoms with Crippen molar-refractivity contribution in [1.82, 2.24) is 4.57 Å². The smallest absolute Gasteiger partial charge is 0.0562 e. The van der Waals surface area contributed by atoms with Crippen molar-refractivity contribution in [2.45, 2.75) is 0 Å². The zero-order valence-electron chi connectivity index (χ0n) is 17.6. The summed E-state index contributed by atoms with van der Waals surface area (Å²) < 4.78 is 2.34. The minimum atomic E-state index is 1.08. The minimum Gasteiger partial charge on any atom is -0.355 e. The SMILES string of the molecule is c1ccc(-c2ccc(Nc3cccc4c3c3ccccc3n4-c3ccccc3)cc2)cc1. The van der Waals surface area contributed by atoms with Crippen LogP contribution in [0.5, 0.6) is 0 Å². The third kappa shape index (κ3) is 3.14. The zero-order chi connectivity index (χ0) is 21.3. The van der Waals surface area contributed by atoms with E-state index in [1.54, 1.807) is 0 Å². The molecule has 0 aliphatic rings. The molecule has 6 aromatic rings. The van der Waals surface area contributed by atoms with Crippen molar-refractivity contribution in [3.63, 3.8) is 0 Å². The van der Waals surface area contributed by atoms with Gasteiger partial charge in [-0.1, -0.05) is 84.9 Å². The average Bonchev–Trinajstić information content (AvgIpc) is 3.21. The highest BCUT2D eigenvalue weighted by molar-refractivity contribution is 6.15. The summed E-state index contributed by atoms with van der Waals surface area (Å²) in [6.07, 6.45) is 0. The van der Waals surface area contributed by atoms with E-state index < -0.39 is 0 Å². The molecule has 0 bridgehead atoms. The molecule has 0 aliphatic heterocycles. The van der Waals surface area contributed by atoms with Crippen LogP contribution in [0.25, 0.3) is 38.6 Å². The highest BCUT2D eigenvalue weighted by Gasteiger charge is 2.14. The summed E-state index contributed by atoms with van der Waals surface area (Å²) in [5, 5.41) is 6.15. The topological polar surface area (TPSA) is 17.0 Å². The van der Waals surface area contributed by atoms with E-state index in [-0.39, 0.29) is 0 Å². The molecule has 5 aromatic carbocycles. The Morgan fingerprint density at radius 2 is 1.09 bits per heavy atom. The first kappa shape index (κ1) is 18.5. The summed E-state index contributed by atoms with van der Waals surface area (Å²) in [6, 6.07) is 44.8. The van der Waals surface area contributed by atoms with Gasteiger partial charge in [0, 0.05) is 27.8 Å².